The monoisotopic (exact) mass is 373 g/mol. The number of nitrogens with one attached hydrogen (secondary N) is 1. The molecular weight excluding hydrogens is 338 g/mol. The van der Waals surface area contributed by atoms with Crippen molar-refractivity contribution in [2.45, 2.75) is 57.7 Å². The summed E-state index contributed by atoms with van der Waals surface area (Å²) in [5.41, 5.74) is 2.16. The van der Waals surface area contributed by atoms with E-state index in [1.165, 1.54) is 31.5 Å². The molecule has 2 amide bonds. The Hall–Kier alpha value is -1.66. The predicted octanol–water partition coefficient (Wildman–Crippen LogP) is 2.34. The summed E-state index contributed by atoms with van der Waals surface area (Å²) in [5, 5.41) is 3.22. The van der Waals surface area contributed by atoms with Crippen molar-refractivity contribution in [2.24, 2.45) is 0 Å². The molecule has 150 valence electrons. The normalized spacial score (nSPS) is 20.6. The van der Waals surface area contributed by atoms with Crippen LogP contribution >= 0.6 is 0 Å². The smallest absolute Gasteiger partial charge is 0.317 e. The van der Waals surface area contributed by atoms with Gasteiger partial charge in [0.15, 0.2) is 0 Å². The average Bonchev–Trinajstić information content (AvgIpc) is 2.70. The van der Waals surface area contributed by atoms with Crippen LogP contribution in [0.3, 0.4) is 0 Å². The number of hydrogen-bond donors (Lipinski definition) is 1. The van der Waals surface area contributed by atoms with Crippen LogP contribution in [-0.4, -0.2) is 78.1 Å². The van der Waals surface area contributed by atoms with Gasteiger partial charge in [-0.05, 0) is 63.9 Å². The van der Waals surface area contributed by atoms with Crippen LogP contribution in [0.1, 0.15) is 43.9 Å². The zero-order chi connectivity index (χ0) is 19.2. The van der Waals surface area contributed by atoms with Crippen molar-refractivity contribution in [2.75, 3.05) is 40.3 Å². The van der Waals surface area contributed by atoms with Crippen molar-refractivity contribution >= 4 is 6.03 Å². The van der Waals surface area contributed by atoms with E-state index in [2.05, 4.69) is 40.1 Å². The molecule has 0 saturated carbocycles. The number of carbonyl (C=O) groups is 1. The Kier molecular flexibility index (Phi) is 7.07. The van der Waals surface area contributed by atoms with E-state index in [1.54, 1.807) is 4.90 Å². The summed E-state index contributed by atoms with van der Waals surface area (Å²) in [6.45, 7) is 7.28. The van der Waals surface area contributed by atoms with E-state index in [0.29, 0.717) is 6.54 Å². The van der Waals surface area contributed by atoms with Gasteiger partial charge in [-0.2, -0.15) is 0 Å². The first kappa shape index (κ1) is 20.1. The van der Waals surface area contributed by atoms with Crippen molar-refractivity contribution in [3.8, 4) is 0 Å². The molecule has 2 aliphatic rings. The third-order valence-corrected chi connectivity index (χ3v) is 6.10. The number of pyridine rings is 1. The molecule has 2 fully saturated rings. The van der Waals surface area contributed by atoms with E-state index < -0.39 is 0 Å². The molecule has 0 aromatic carbocycles. The van der Waals surface area contributed by atoms with Crippen LogP contribution in [0.4, 0.5) is 4.79 Å². The molecule has 6 nitrogen and oxygen atoms in total. The van der Waals surface area contributed by atoms with Crippen LogP contribution in [0.2, 0.25) is 0 Å². The number of likely N-dealkylation sites (tertiary alicyclic amines) is 2. The van der Waals surface area contributed by atoms with Gasteiger partial charge in [-0.15, -0.1) is 0 Å². The lowest BCUT2D eigenvalue weighted by molar-refractivity contribution is 0.0922. The molecule has 0 unspecified atom stereocenters. The number of nitrogens with zero attached hydrogens (tertiary/aromatic N) is 4. The molecule has 2 saturated heterocycles. The van der Waals surface area contributed by atoms with Gasteiger partial charge in [0.1, 0.15) is 0 Å². The molecule has 0 aliphatic carbocycles. The highest BCUT2D eigenvalue weighted by molar-refractivity contribution is 5.74. The highest BCUT2D eigenvalue weighted by Gasteiger charge is 2.28. The van der Waals surface area contributed by atoms with Crippen molar-refractivity contribution in [3.05, 3.63) is 29.6 Å². The fourth-order valence-electron chi connectivity index (χ4n) is 4.13. The molecule has 1 N–H and O–H groups in total. The minimum Gasteiger partial charge on any atom is -0.335 e. The van der Waals surface area contributed by atoms with Crippen LogP contribution in [0.25, 0.3) is 0 Å². The Bertz CT molecular complexity index is 589. The molecule has 3 rings (SSSR count). The van der Waals surface area contributed by atoms with E-state index >= 15 is 0 Å². The summed E-state index contributed by atoms with van der Waals surface area (Å²) >= 11 is 0. The largest absolute Gasteiger partial charge is 0.335 e. The maximum Gasteiger partial charge on any atom is 0.317 e. The third kappa shape index (κ3) is 5.66. The van der Waals surface area contributed by atoms with E-state index in [9.17, 15) is 4.79 Å². The minimum atomic E-state index is 0.00843. The number of aromatic nitrogens is 1. The summed E-state index contributed by atoms with van der Waals surface area (Å²) in [6, 6.07) is 5.14. The maximum absolute atomic E-state index is 12.5. The fraction of sp³-hybridized carbons (Fsp3) is 0.714. The van der Waals surface area contributed by atoms with E-state index in [0.717, 1.165) is 44.1 Å². The van der Waals surface area contributed by atoms with Gasteiger partial charge in [-0.1, -0.05) is 13.0 Å². The van der Waals surface area contributed by atoms with Crippen LogP contribution in [-0.2, 0) is 13.0 Å². The van der Waals surface area contributed by atoms with E-state index in [-0.39, 0.29) is 12.1 Å². The number of hydrogen-bond acceptors (Lipinski definition) is 4. The van der Waals surface area contributed by atoms with Gasteiger partial charge in [0, 0.05) is 38.4 Å². The highest BCUT2D eigenvalue weighted by atomic mass is 16.2. The first-order chi connectivity index (χ1) is 13.0. The van der Waals surface area contributed by atoms with Crippen molar-refractivity contribution < 1.29 is 4.79 Å². The molecule has 1 aromatic rings. The molecule has 0 spiro atoms. The second-order valence-corrected chi connectivity index (χ2v) is 8.16. The minimum absolute atomic E-state index is 0.00843. The Labute approximate surface area is 163 Å². The lowest BCUT2D eigenvalue weighted by Crippen LogP contribution is -2.52. The Morgan fingerprint density at radius 3 is 2.48 bits per heavy atom. The second-order valence-electron chi connectivity index (χ2n) is 8.16. The average molecular weight is 374 g/mol. The summed E-state index contributed by atoms with van der Waals surface area (Å²) in [4.78, 5) is 23.8. The molecular formula is C21H35N5O. The molecule has 1 aromatic heterocycles. The predicted molar refractivity (Wildman–Crippen MR) is 109 cm³/mol. The van der Waals surface area contributed by atoms with Crippen LogP contribution in [0.15, 0.2) is 18.3 Å². The van der Waals surface area contributed by atoms with Gasteiger partial charge in [0.05, 0.1) is 12.2 Å². The lowest BCUT2D eigenvalue weighted by atomic mass is 9.98. The summed E-state index contributed by atoms with van der Waals surface area (Å²) in [6.07, 6.45) is 7.55. The summed E-state index contributed by atoms with van der Waals surface area (Å²) in [7, 11) is 4.06. The van der Waals surface area contributed by atoms with Gasteiger partial charge in [0.2, 0.25) is 0 Å². The Balaban J connectivity index is 1.40. The zero-order valence-electron chi connectivity index (χ0n) is 17.2. The first-order valence-electron chi connectivity index (χ1n) is 10.4. The van der Waals surface area contributed by atoms with Gasteiger partial charge < -0.3 is 20.0 Å². The number of rotatable bonds is 5. The Morgan fingerprint density at radius 2 is 1.89 bits per heavy atom. The zero-order valence-corrected chi connectivity index (χ0v) is 17.2. The molecule has 0 bridgehead atoms. The summed E-state index contributed by atoms with van der Waals surface area (Å²) < 4.78 is 0. The van der Waals surface area contributed by atoms with Crippen molar-refractivity contribution in [3.63, 3.8) is 0 Å². The van der Waals surface area contributed by atoms with Crippen molar-refractivity contribution in [1.29, 1.82) is 0 Å². The molecule has 3 heterocycles. The van der Waals surface area contributed by atoms with Crippen LogP contribution < -0.4 is 5.32 Å². The molecule has 27 heavy (non-hydrogen) atoms. The van der Waals surface area contributed by atoms with Gasteiger partial charge >= 0.3 is 6.03 Å². The fourth-order valence-corrected chi connectivity index (χ4v) is 4.13. The first-order valence-corrected chi connectivity index (χ1v) is 10.4. The van der Waals surface area contributed by atoms with E-state index in [4.69, 9.17) is 0 Å². The quantitative estimate of drug-likeness (QED) is 0.861. The molecule has 0 radical (unpaired) electrons. The highest BCUT2D eigenvalue weighted by Crippen LogP contribution is 2.20. The molecule has 0 atom stereocenters. The summed E-state index contributed by atoms with van der Waals surface area (Å²) in [5.74, 6) is 0. The number of carbonyl (C=O) groups excluding carboxylic acids is 1. The molecule has 2 aliphatic heterocycles. The van der Waals surface area contributed by atoms with Crippen LogP contribution in [0, 0.1) is 0 Å². The SMILES string of the molecule is CCc1ccc(CN(C)C(=O)NC2CCN(C3CCN(C)CC3)CC2)nc1. The topological polar surface area (TPSA) is 51.7 Å². The second kappa shape index (κ2) is 9.51. The van der Waals surface area contributed by atoms with Gasteiger partial charge in [-0.3, -0.25) is 4.98 Å². The Morgan fingerprint density at radius 1 is 1.19 bits per heavy atom. The van der Waals surface area contributed by atoms with Crippen LogP contribution in [0.5, 0.6) is 0 Å². The third-order valence-electron chi connectivity index (χ3n) is 6.10. The molecule has 6 heteroatoms. The standard InChI is InChI=1S/C21H35N5O/c1-4-17-5-6-19(22-15-17)16-25(3)21(27)23-18-7-13-26(14-8-18)20-9-11-24(2)12-10-20/h5-6,15,18,20H,4,7-14,16H2,1-3H3,(H,23,27). The van der Waals surface area contributed by atoms with E-state index in [1.807, 2.05) is 19.3 Å². The lowest BCUT2D eigenvalue weighted by Gasteiger charge is -2.41. The number of amides is 2. The van der Waals surface area contributed by atoms with Crippen molar-refractivity contribution in [1.82, 2.24) is 25.0 Å². The number of aryl methyl sites for hydroxylation is 1. The number of urea groups is 1. The van der Waals surface area contributed by atoms with Gasteiger partial charge in [-0.25, -0.2) is 4.79 Å². The van der Waals surface area contributed by atoms with Gasteiger partial charge in [0.25, 0.3) is 0 Å². The number of piperidine rings is 2. The maximum atomic E-state index is 12.5.